The van der Waals surface area contributed by atoms with Crippen molar-refractivity contribution in [1.29, 1.82) is 0 Å². The summed E-state index contributed by atoms with van der Waals surface area (Å²) in [6.45, 7) is 4.74. The molecule has 4 aromatic carbocycles. The Morgan fingerprint density at radius 3 is 1.40 bits per heavy atom. The van der Waals surface area contributed by atoms with Gasteiger partial charge in [-0.2, -0.15) is 0 Å². The van der Waals surface area contributed by atoms with Gasteiger partial charge < -0.3 is 24.8 Å². The molecule has 0 N–H and O–H groups in total. The maximum absolute atomic E-state index is 2.49. The van der Waals surface area contributed by atoms with E-state index in [0.29, 0.717) is 9.52 Å². The average molecular weight is 746 g/mol. The van der Waals surface area contributed by atoms with Gasteiger partial charge in [0, 0.05) is 9.52 Å². The van der Waals surface area contributed by atoms with Crippen LogP contribution in [0.2, 0.25) is 12.1 Å². The summed E-state index contributed by atoms with van der Waals surface area (Å²) in [5.74, 6) is 0. The van der Waals surface area contributed by atoms with E-state index in [1.165, 1.54) is 43.8 Å². The second kappa shape index (κ2) is 14.3. The molecule has 0 radical (unpaired) electrons. The van der Waals surface area contributed by atoms with Crippen LogP contribution in [0.25, 0.3) is 32.7 Å². The fourth-order valence-electron chi connectivity index (χ4n) is 6.25. The molecule has 0 spiro atoms. The number of hydrogen-bond donors (Lipinski definition) is 0. The summed E-state index contributed by atoms with van der Waals surface area (Å²) in [6, 6.07) is 34.3. The van der Waals surface area contributed by atoms with Crippen molar-refractivity contribution in [3.8, 4) is 0 Å². The Kier molecular flexibility index (Phi) is 11.1. The smallest absolute Gasteiger partial charge is 1.00 e. The molecule has 1 heterocycles. The van der Waals surface area contributed by atoms with Crippen LogP contribution in [0.5, 0.6) is 0 Å². The Balaban J connectivity index is 0.000000479. The minimum atomic E-state index is -1.06. The van der Waals surface area contributed by atoms with E-state index in [9.17, 15) is 0 Å². The molecule has 0 nitrogen and oxygen atoms in total. The first-order valence-electron chi connectivity index (χ1n) is 14.2. The molecular weight excluding hydrogens is 710 g/mol. The first-order chi connectivity index (χ1) is 18.7. The van der Waals surface area contributed by atoms with Crippen LogP contribution in [0.15, 0.2) is 115 Å². The second-order valence-electron chi connectivity index (χ2n) is 10.8. The van der Waals surface area contributed by atoms with E-state index in [1.54, 1.807) is 42.7 Å². The zero-order chi connectivity index (χ0) is 25.9. The molecule has 7 rings (SSSR count). The number of allylic oxidation sites excluding steroid dienone is 8. The number of fused-ring (bicyclic) bond motifs is 2. The van der Waals surface area contributed by atoms with Crippen molar-refractivity contribution >= 4 is 42.2 Å². The van der Waals surface area contributed by atoms with Crippen molar-refractivity contribution in [2.45, 2.75) is 51.6 Å². The van der Waals surface area contributed by atoms with Gasteiger partial charge in [-0.05, 0) is 0 Å². The third-order valence-corrected chi connectivity index (χ3v) is 16.8. The SMILES string of the molecule is C1CC[SiH2]C1.CC1=[C]([Hf+2][C]2=C(C)C(c3cccc4ccccc34)=CC2)CC=C1c1cccc2ccccc12.[Cl-].[Cl-]. The van der Waals surface area contributed by atoms with E-state index in [0.717, 1.165) is 12.8 Å². The van der Waals surface area contributed by atoms with E-state index in [-0.39, 0.29) is 24.8 Å². The maximum Gasteiger partial charge on any atom is -1.00 e. The zero-order valence-electron chi connectivity index (χ0n) is 23.4. The third kappa shape index (κ3) is 6.41. The van der Waals surface area contributed by atoms with Crippen LogP contribution in [0, 0.1) is 0 Å². The van der Waals surface area contributed by atoms with Gasteiger partial charge in [0.15, 0.2) is 0 Å². The normalized spacial score (nSPS) is 16.1. The van der Waals surface area contributed by atoms with Gasteiger partial charge in [0.2, 0.25) is 0 Å². The van der Waals surface area contributed by atoms with Gasteiger partial charge in [-0.25, -0.2) is 0 Å². The summed E-state index contributed by atoms with van der Waals surface area (Å²) in [4.78, 5) is 0. The molecule has 3 aliphatic rings. The van der Waals surface area contributed by atoms with Crippen LogP contribution in [-0.2, 0) is 22.9 Å². The number of halogens is 2. The Labute approximate surface area is 265 Å². The topological polar surface area (TPSA) is 0 Å². The monoisotopic (exact) mass is 746 g/mol. The van der Waals surface area contributed by atoms with Gasteiger partial charge in [-0.1, -0.05) is 24.9 Å². The third-order valence-electron chi connectivity index (χ3n) is 8.45. The van der Waals surface area contributed by atoms with Gasteiger partial charge in [-0.15, -0.1) is 0 Å². The predicted molar refractivity (Wildman–Crippen MR) is 166 cm³/mol. The molecule has 2 aliphatic carbocycles. The Hall–Kier alpha value is -1.97. The van der Waals surface area contributed by atoms with Crippen molar-refractivity contribution in [1.82, 2.24) is 0 Å². The van der Waals surface area contributed by atoms with E-state index in [2.05, 4.69) is 111 Å². The predicted octanol–water partition coefficient (Wildman–Crippen LogP) is 3.69. The summed E-state index contributed by atoms with van der Waals surface area (Å²) in [5.41, 5.74) is 8.83. The molecule has 202 valence electrons. The molecule has 40 heavy (non-hydrogen) atoms. The van der Waals surface area contributed by atoms with Crippen molar-refractivity contribution < 1.29 is 47.7 Å². The molecule has 1 fully saturated rings. The summed E-state index contributed by atoms with van der Waals surface area (Å²) in [5, 5.41) is 5.41. The molecule has 0 aromatic heterocycles. The molecule has 4 aromatic rings. The fourth-order valence-corrected chi connectivity index (χ4v) is 13.1. The van der Waals surface area contributed by atoms with E-state index in [4.69, 9.17) is 0 Å². The summed E-state index contributed by atoms with van der Waals surface area (Å²) in [6.07, 6.45) is 10.4. The van der Waals surface area contributed by atoms with Crippen LogP contribution >= 0.6 is 0 Å². The van der Waals surface area contributed by atoms with Gasteiger partial charge in [0.25, 0.3) is 0 Å². The summed E-state index contributed by atoms with van der Waals surface area (Å²) >= 11 is -1.06. The van der Waals surface area contributed by atoms with Crippen LogP contribution in [-0.4, -0.2) is 9.52 Å². The van der Waals surface area contributed by atoms with Gasteiger partial charge >= 0.3 is 208 Å². The molecule has 0 atom stereocenters. The summed E-state index contributed by atoms with van der Waals surface area (Å²) in [7, 11) is 0.543. The molecule has 0 amide bonds. The Morgan fingerprint density at radius 1 is 0.550 bits per heavy atom. The first-order valence-corrected chi connectivity index (χ1v) is 19.8. The molecule has 0 bridgehead atoms. The van der Waals surface area contributed by atoms with Crippen LogP contribution in [0.4, 0.5) is 0 Å². The van der Waals surface area contributed by atoms with Crippen LogP contribution in [0.1, 0.15) is 50.7 Å². The number of benzene rings is 4. The first kappa shape index (κ1) is 31.0. The molecular formula is C36H36Cl2HfSi. The van der Waals surface area contributed by atoms with Crippen LogP contribution in [0.3, 0.4) is 0 Å². The van der Waals surface area contributed by atoms with Gasteiger partial charge in [0.05, 0.1) is 0 Å². The van der Waals surface area contributed by atoms with E-state index < -0.39 is 22.9 Å². The molecule has 4 heteroatoms. The minimum absolute atomic E-state index is 0. The van der Waals surface area contributed by atoms with Gasteiger partial charge in [0.1, 0.15) is 0 Å². The van der Waals surface area contributed by atoms with Crippen molar-refractivity contribution in [3.05, 3.63) is 126 Å². The molecule has 0 saturated carbocycles. The number of rotatable bonds is 4. The second-order valence-corrected chi connectivity index (χ2v) is 18.2. The van der Waals surface area contributed by atoms with Crippen molar-refractivity contribution in [2.24, 2.45) is 0 Å². The van der Waals surface area contributed by atoms with E-state index in [1.807, 2.05) is 0 Å². The van der Waals surface area contributed by atoms with Crippen molar-refractivity contribution in [3.63, 3.8) is 0 Å². The van der Waals surface area contributed by atoms with Crippen LogP contribution < -0.4 is 24.8 Å². The number of hydrogen-bond acceptors (Lipinski definition) is 0. The molecule has 1 aliphatic heterocycles. The Morgan fingerprint density at radius 2 is 0.975 bits per heavy atom. The standard InChI is InChI=1S/2C16H13.C4H10Si.2ClH.Hf/c2*1-12-6-4-10-14(12)16-11-5-8-13-7-2-3-9-15(13)16;1-2-4-5-3-1;;;/h2*2-3,5,7-11H,4H2,1H3;1-5H2;2*1H;/q;;;;;+2/p-2. The van der Waals surface area contributed by atoms with E-state index >= 15 is 0 Å². The van der Waals surface area contributed by atoms with Gasteiger partial charge in [-0.3, -0.25) is 0 Å². The Bertz CT molecular complexity index is 1500. The zero-order valence-corrected chi connectivity index (χ0v) is 30.0. The average Bonchev–Trinajstić information content (AvgIpc) is 3.73. The largest absolute Gasteiger partial charge is 1.00 e. The quantitative estimate of drug-likeness (QED) is 0.280. The van der Waals surface area contributed by atoms with Crippen molar-refractivity contribution in [2.75, 3.05) is 0 Å². The molecule has 0 unspecified atom stereocenters. The molecule has 1 saturated heterocycles. The minimum Gasteiger partial charge on any atom is -1.00 e. The maximum atomic E-state index is 2.49. The fraction of sp³-hybridized carbons (Fsp3) is 0.222. The summed E-state index contributed by atoms with van der Waals surface area (Å²) < 4.78 is 3.53.